The van der Waals surface area contributed by atoms with Gasteiger partial charge in [0.15, 0.2) is 0 Å². The van der Waals surface area contributed by atoms with Gasteiger partial charge in [-0.3, -0.25) is 0 Å². The number of nitriles is 2. The maximum absolute atomic E-state index is 11.9. The first-order chi connectivity index (χ1) is 13.2. The first-order valence-electron chi connectivity index (χ1n) is 8.06. The van der Waals surface area contributed by atoms with Gasteiger partial charge < -0.3 is 9.15 Å². The molecule has 3 rings (SSSR count). The van der Waals surface area contributed by atoms with Crippen LogP contribution in [0.4, 0.5) is 0 Å². The van der Waals surface area contributed by atoms with E-state index >= 15 is 0 Å². The molecule has 0 saturated carbocycles. The van der Waals surface area contributed by atoms with E-state index in [4.69, 9.17) is 14.4 Å². The van der Waals surface area contributed by atoms with Crippen LogP contribution in [0.1, 0.15) is 27.2 Å². The van der Waals surface area contributed by atoms with Crippen LogP contribution in [0.15, 0.2) is 65.1 Å². The fourth-order valence-electron chi connectivity index (χ4n) is 2.64. The van der Waals surface area contributed by atoms with Gasteiger partial charge in [-0.2, -0.15) is 10.5 Å². The molecule has 3 aromatic rings. The van der Waals surface area contributed by atoms with Crippen molar-refractivity contribution >= 4 is 17.6 Å². The number of esters is 1. The van der Waals surface area contributed by atoms with Gasteiger partial charge in [0.2, 0.25) is 0 Å². The quantitative estimate of drug-likeness (QED) is 0.502. The Morgan fingerprint density at radius 3 is 2.63 bits per heavy atom. The molecule has 5 heteroatoms. The predicted molar refractivity (Wildman–Crippen MR) is 100 cm³/mol. The SMILES string of the molecule is COC(=O)c1ccccc1-c1ccc(C=C(C#N)c2cccc(C#N)c2)o1. The van der Waals surface area contributed by atoms with Crippen LogP contribution in [0.3, 0.4) is 0 Å². The second-order valence-electron chi connectivity index (χ2n) is 5.60. The Kier molecular flexibility index (Phi) is 5.16. The predicted octanol–water partition coefficient (Wildman–Crippen LogP) is 4.67. The molecule has 2 aromatic carbocycles. The molecule has 27 heavy (non-hydrogen) atoms. The summed E-state index contributed by atoms with van der Waals surface area (Å²) >= 11 is 0. The summed E-state index contributed by atoms with van der Waals surface area (Å²) in [7, 11) is 1.32. The van der Waals surface area contributed by atoms with E-state index in [1.54, 1.807) is 66.7 Å². The minimum atomic E-state index is -0.454. The molecule has 0 radical (unpaired) electrons. The van der Waals surface area contributed by atoms with Crippen molar-refractivity contribution in [3.05, 3.63) is 83.1 Å². The molecule has 0 N–H and O–H groups in total. The minimum absolute atomic E-state index is 0.370. The highest BCUT2D eigenvalue weighted by Crippen LogP contribution is 2.28. The van der Waals surface area contributed by atoms with E-state index in [0.717, 1.165) is 0 Å². The van der Waals surface area contributed by atoms with Crippen molar-refractivity contribution in [3.63, 3.8) is 0 Å². The number of methoxy groups -OCH3 is 1. The van der Waals surface area contributed by atoms with E-state index in [0.29, 0.717) is 39.3 Å². The van der Waals surface area contributed by atoms with Crippen LogP contribution >= 0.6 is 0 Å². The largest absolute Gasteiger partial charge is 0.465 e. The van der Waals surface area contributed by atoms with Gasteiger partial charge in [0.05, 0.1) is 35.9 Å². The third-order valence-corrected chi connectivity index (χ3v) is 3.93. The average molecular weight is 354 g/mol. The van der Waals surface area contributed by atoms with Crippen LogP contribution in [0.2, 0.25) is 0 Å². The third-order valence-electron chi connectivity index (χ3n) is 3.93. The Bertz CT molecular complexity index is 1110. The normalized spacial score (nSPS) is 10.7. The molecule has 0 bridgehead atoms. The van der Waals surface area contributed by atoms with E-state index in [9.17, 15) is 10.1 Å². The van der Waals surface area contributed by atoms with E-state index in [1.807, 2.05) is 0 Å². The van der Waals surface area contributed by atoms with Crippen LogP contribution in [0, 0.1) is 22.7 Å². The number of rotatable bonds is 4. The number of allylic oxidation sites excluding steroid dienone is 1. The monoisotopic (exact) mass is 354 g/mol. The molecular weight excluding hydrogens is 340 g/mol. The van der Waals surface area contributed by atoms with Crippen molar-refractivity contribution < 1.29 is 13.9 Å². The number of nitrogens with zero attached hydrogens (tertiary/aromatic N) is 2. The van der Waals surface area contributed by atoms with Crippen molar-refractivity contribution in [2.24, 2.45) is 0 Å². The summed E-state index contributed by atoms with van der Waals surface area (Å²) in [6.45, 7) is 0. The maximum atomic E-state index is 11.9. The molecule has 0 aliphatic heterocycles. The molecular formula is C22H14N2O3. The zero-order chi connectivity index (χ0) is 19.2. The Hall–Kier alpha value is -4.09. The third kappa shape index (κ3) is 3.78. The topological polar surface area (TPSA) is 87.0 Å². The fraction of sp³-hybridized carbons (Fsp3) is 0.0455. The number of carbonyl (C=O) groups is 1. The van der Waals surface area contributed by atoms with Crippen LogP contribution < -0.4 is 0 Å². The molecule has 0 atom stereocenters. The van der Waals surface area contributed by atoms with Crippen molar-refractivity contribution in [2.45, 2.75) is 0 Å². The van der Waals surface area contributed by atoms with Gasteiger partial charge in [-0.05, 0) is 42.0 Å². The molecule has 0 fully saturated rings. The molecule has 130 valence electrons. The van der Waals surface area contributed by atoms with Gasteiger partial charge in [0.25, 0.3) is 0 Å². The first kappa shape index (κ1) is 17.7. The number of benzene rings is 2. The second kappa shape index (κ2) is 7.86. The van der Waals surface area contributed by atoms with Gasteiger partial charge in [-0.15, -0.1) is 0 Å². The molecule has 1 heterocycles. The molecule has 0 aliphatic carbocycles. The van der Waals surface area contributed by atoms with Gasteiger partial charge in [0.1, 0.15) is 11.5 Å². The summed E-state index contributed by atoms with van der Waals surface area (Å²) in [5.74, 6) is 0.499. The Labute approximate surface area is 156 Å². The lowest BCUT2D eigenvalue weighted by Crippen LogP contribution is -2.02. The van der Waals surface area contributed by atoms with Gasteiger partial charge in [-0.1, -0.05) is 30.3 Å². The highest BCUT2D eigenvalue weighted by molar-refractivity contribution is 5.96. The number of hydrogen-bond donors (Lipinski definition) is 0. The van der Waals surface area contributed by atoms with E-state index in [2.05, 4.69) is 12.1 Å². The number of carbonyl (C=O) groups excluding carboxylic acids is 1. The Morgan fingerprint density at radius 2 is 1.89 bits per heavy atom. The molecule has 0 aliphatic rings. The molecule has 5 nitrogen and oxygen atoms in total. The smallest absolute Gasteiger partial charge is 0.338 e. The molecule has 0 amide bonds. The van der Waals surface area contributed by atoms with E-state index in [1.165, 1.54) is 7.11 Å². The van der Waals surface area contributed by atoms with Crippen molar-refractivity contribution in [2.75, 3.05) is 7.11 Å². The molecule has 0 saturated heterocycles. The average Bonchev–Trinajstić information content (AvgIpc) is 3.20. The minimum Gasteiger partial charge on any atom is -0.465 e. The second-order valence-corrected chi connectivity index (χ2v) is 5.60. The fourth-order valence-corrected chi connectivity index (χ4v) is 2.64. The van der Waals surface area contributed by atoms with Crippen molar-refractivity contribution in [1.29, 1.82) is 10.5 Å². The Morgan fingerprint density at radius 1 is 1.07 bits per heavy atom. The highest BCUT2D eigenvalue weighted by Gasteiger charge is 2.15. The van der Waals surface area contributed by atoms with Crippen molar-refractivity contribution in [1.82, 2.24) is 0 Å². The summed E-state index contributed by atoms with van der Waals surface area (Å²) in [5.41, 5.74) is 2.47. The summed E-state index contributed by atoms with van der Waals surface area (Å²) in [6.07, 6.45) is 1.60. The van der Waals surface area contributed by atoms with Gasteiger partial charge in [-0.25, -0.2) is 4.79 Å². The maximum Gasteiger partial charge on any atom is 0.338 e. The number of furan rings is 1. The summed E-state index contributed by atoms with van der Waals surface area (Å²) < 4.78 is 10.6. The summed E-state index contributed by atoms with van der Waals surface area (Å²) in [6, 6.07) is 21.4. The Balaban J connectivity index is 1.99. The van der Waals surface area contributed by atoms with Crippen LogP contribution in [0.25, 0.3) is 23.0 Å². The lowest BCUT2D eigenvalue weighted by molar-refractivity contribution is 0.0601. The molecule has 1 aromatic heterocycles. The zero-order valence-electron chi connectivity index (χ0n) is 14.5. The standard InChI is InChI=1S/C22H14N2O3/c1-26-22(25)20-8-3-2-7-19(20)21-10-9-18(27-21)12-17(14-24)16-6-4-5-15(11-16)13-23/h2-12H,1H3. The lowest BCUT2D eigenvalue weighted by Gasteiger charge is -2.04. The van der Waals surface area contributed by atoms with Crippen molar-refractivity contribution in [3.8, 4) is 23.5 Å². The highest BCUT2D eigenvalue weighted by atomic mass is 16.5. The van der Waals surface area contributed by atoms with E-state index in [-0.39, 0.29) is 0 Å². The van der Waals surface area contributed by atoms with Gasteiger partial charge >= 0.3 is 5.97 Å². The number of ether oxygens (including phenoxy) is 1. The molecule has 0 unspecified atom stereocenters. The number of hydrogen-bond acceptors (Lipinski definition) is 5. The lowest BCUT2D eigenvalue weighted by atomic mass is 10.0. The van der Waals surface area contributed by atoms with Crippen LogP contribution in [-0.2, 0) is 4.74 Å². The van der Waals surface area contributed by atoms with Crippen LogP contribution in [-0.4, -0.2) is 13.1 Å². The first-order valence-corrected chi connectivity index (χ1v) is 8.06. The summed E-state index contributed by atoms with van der Waals surface area (Å²) in [5, 5.41) is 18.5. The molecule has 0 spiro atoms. The zero-order valence-corrected chi connectivity index (χ0v) is 14.5. The van der Waals surface area contributed by atoms with E-state index < -0.39 is 5.97 Å². The van der Waals surface area contributed by atoms with Crippen LogP contribution in [0.5, 0.6) is 0 Å². The van der Waals surface area contributed by atoms with Gasteiger partial charge in [0, 0.05) is 5.56 Å². The summed E-state index contributed by atoms with van der Waals surface area (Å²) in [4.78, 5) is 11.9.